The molecule has 5 saturated carbocycles. The van der Waals surface area contributed by atoms with E-state index in [4.69, 9.17) is 18.9 Å². The molecule has 2 spiro atoms. The number of carbonyl (C=O) groups is 2. The number of hydrogen-bond acceptors (Lipinski definition) is 8. The fraction of sp³-hybridized carbons (Fsp3) is 0.951. The van der Waals surface area contributed by atoms with E-state index in [0.29, 0.717) is 24.3 Å². The predicted molar refractivity (Wildman–Crippen MR) is 193 cm³/mol. The molecule has 288 valence electrons. The topological polar surface area (TPSA) is 110 Å². The van der Waals surface area contributed by atoms with E-state index in [0.717, 1.165) is 90.9 Å². The number of carbonyl (C=O) groups excluding carboxylic acids is 2. The van der Waals surface area contributed by atoms with Gasteiger partial charge in [0.2, 0.25) is 0 Å². The zero-order chi connectivity index (χ0) is 36.1. The molecule has 0 aromatic heterocycles. The number of amides is 2. The lowest BCUT2D eigenvalue weighted by molar-refractivity contribution is -0.185. The maximum atomic E-state index is 13.1. The number of nitrogens with one attached hydrogen (secondary N) is 1. The first kappa shape index (κ1) is 36.4. The van der Waals surface area contributed by atoms with Crippen molar-refractivity contribution in [1.29, 1.82) is 0 Å². The fourth-order valence-corrected chi connectivity index (χ4v) is 14.4. The number of aliphatic hydroxyl groups excluding tert-OH is 1. The van der Waals surface area contributed by atoms with Gasteiger partial charge in [-0.15, -0.1) is 0 Å². The van der Waals surface area contributed by atoms with Crippen LogP contribution in [0, 0.1) is 56.7 Å². The van der Waals surface area contributed by atoms with Crippen LogP contribution in [0.4, 0.5) is 9.59 Å². The zero-order valence-corrected chi connectivity index (χ0v) is 32.6. The summed E-state index contributed by atoms with van der Waals surface area (Å²) in [5.41, 5.74) is 0.106. The molecule has 0 aromatic rings. The van der Waals surface area contributed by atoms with Gasteiger partial charge in [0, 0.05) is 50.1 Å². The van der Waals surface area contributed by atoms with Gasteiger partial charge < -0.3 is 34.3 Å². The predicted octanol–water partition coefficient (Wildman–Crippen LogP) is 6.09. The van der Waals surface area contributed by atoms with Crippen LogP contribution >= 0.6 is 0 Å². The Morgan fingerprint density at radius 2 is 1.67 bits per heavy atom. The molecule has 3 heterocycles. The Balaban J connectivity index is 0.969. The maximum absolute atomic E-state index is 13.1. The zero-order valence-electron chi connectivity index (χ0n) is 32.6. The van der Waals surface area contributed by atoms with Gasteiger partial charge in [0.1, 0.15) is 12.2 Å². The van der Waals surface area contributed by atoms with Crippen molar-refractivity contribution in [3.8, 4) is 0 Å². The van der Waals surface area contributed by atoms with Crippen LogP contribution in [0.1, 0.15) is 106 Å². The quantitative estimate of drug-likeness (QED) is 0.326. The van der Waals surface area contributed by atoms with Crippen LogP contribution in [0.5, 0.6) is 0 Å². The second-order valence-corrected chi connectivity index (χ2v) is 19.8. The van der Waals surface area contributed by atoms with Gasteiger partial charge in [0.25, 0.3) is 0 Å². The summed E-state index contributed by atoms with van der Waals surface area (Å²) in [4.78, 5) is 30.1. The van der Waals surface area contributed by atoms with Crippen molar-refractivity contribution >= 4 is 12.2 Å². The molecule has 13 atom stereocenters. The van der Waals surface area contributed by atoms with Gasteiger partial charge in [-0.2, -0.15) is 0 Å². The van der Waals surface area contributed by atoms with Crippen LogP contribution < -0.4 is 5.32 Å². The molecule has 0 bridgehead atoms. The van der Waals surface area contributed by atoms with E-state index in [2.05, 4.69) is 58.7 Å². The van der Waals surface area contributed by atoms with Gasteiger partial charge in [-0.05, 0) is 104 Å². The lowest BCUT2D eigenvalue weighted by atomic mass is 9.41. The Morgan fingerprint density at radius 1 is 0.961 bits per heavy atom. The molecule has 5 aliphatic carbocycles. The van der Waals surface area contributed by atoms with E-state index in [1.165, 1.54) is 12.8 Å². The first-order valence-corrected chi connectivity index (χ1v) is 20.7. The lowest BCUT2D eigenvalue weighted by Crippen LogP contribution is -2.60. The highest BCUT2D eigenvalue weighted by Gasteiger charge is 2.84. The smallest absolute Gasteiger partial charge is 0.410 e. The van der Waals surface area contributed by atoms with Crippen molar-refractivity contribution in [2.45, 2.75) is 137 Å². The number of hydrogen-bond donors (Lipinski definition) is 2. The minimum Gasteiger partial charge on any atom is -0.446 e. The molecule has 2 amide bonds. The Kier molecular flexibility index (Phi) is 9.07. The molecule has 3 aliphatic heterocycles. The van der Waals surface area contributed by atoms with Crippen LogP contribution in [0.25, 0.3) is 0 Å². The highest BCUT2D eigenvalue weighted by atomic mass is 16.6. The highest BCUT2D eigenvalue weighted by Crippen LogP contribution is 2.89. The molecule has 8 rings (SSSR count). The number of fused-ring (bicyclic) bond motifs is 4. The Labute approximate surface area is 306 Å². The van der Waals surface area contributed by atoms with Crippen molar-refractivity contribution in [3.05, 3.63) is 0 Å². The summed E-state index contributed by atoms with van der Waals surface area (Å²) in [5.74, 6) is 1.72. The number of ether oxygens (including phenoxy) is 4. The third kappa shape index (κ3) is 5.28. The van der Waals surface area contributed by atoms with Crippen molar-refractivity contribution < 1.29 is 33.6 Å². The van der Waals surface area contributed by atoms with Crippen LogP contribution in [-0.4, -0.2) is 110 Å². The van der Waals surface area contributed by atoms with Crippen molar-refractivity contribution in [2.24, 2.45) is 56.7 Å². The molecular formula is C41H67N3O7. The standard InChI is InChI=1S/C41H67N3O7/c1-25(2)32(51-36(47)44-16-8-17-44)27-23-26(3)31-33(49-27)34(45)39(7)29-10-9-28-37(4,5)30(50-35(46)42-15-18-43-19-21-48-22-20-43)11-12-40(28)24-41(29,40)14-13-38(31,39)6/h25-34,45H,8-24H2,1-7H3,(H,42,46)/t26-,27?,28+,29?,30?,31+,32?,33-,34+,38?,39-,40?,41?/m1/s1. The number of nitrogens with zero attached hydrogens (tertiary/aromatic N) is 2. The van der Waals surface area contributed by atoms with E-state index < -0.39 is 6.10 Å². The Bertz CT molecular complexity index is 1350. The maximum Gasteiger partial charge on any atom is 0.410 e. The summed E-state index contributed by atoms with van der Waals surface area (Å²) < 4.78 is 24.9. The SMILES string of the molecule is CC(C)C(OC(=O)N1CCC1)C1C[C@@H](C)[C@H]2[C@@H](O1)[C@H](O)[C@@]1(C)C3CC[C@H]4C(C)(C)C(OC(=O)NCCN5CCOCC5)CCC45CC35CCC21C. The third-order valence-electron chi connectivity index (χ3n) is 17.2. The summed E-state index contributed by atoms with van der Waals surface area (Å²) in [6.45, 7) is 22.6. The minimum absolute atomic E-state index is 0.0230. The summed E-state index contributed by atoms with van der Waals surface area (Å²) in [5, 5.41) is 15.7. The lowest BCUT2D eigenvalue weighted by Gasteiger charge is -2.63. The monoisotopic (exact) mass is 713 g/mol. The van der Waals surface area contributed by atoms with Gasteiger partial charge in [-0.25, -0.2) is 9.59 Å². The molecule has 0 radical (unpaired) electrons. The molecule has 8 aliphatic rings. The molecular weight excluding hydrogens is 646 g/mol. The summed E-state index contributed by atoms with van der Waals surface area (Å²) >= 11 is 0. The summed E-state index contributed by atoms with van der Waals surface area (Å²) in [7, 11) is 0. The average Bonchev–Trinajstić information content (AvgIpc) is 3.69. The number of alkyl carbamates (subject to hydrolysis) is 1. The normalized spacial score (nSPS) is 47.4. The molecule has 10 nitrogen and oxygen atoms in total. The fourth-order valence-electron chi connectivity index (χ4n) is 14.4. The largest absolute Gasteiger partial charge is 0.446 e. The van der Waals surface area contributed by atoms with Gasteiger partial charge in [-0.1, -0.05) is 48.5 Å². The Morgan fingerprint density at radius 3 is 2.35 bits per heavy atom. The number of likely N-dealkylation sites (tertiary alicyclic amines) is 1. The second kappa shape index (κ2) is 12.7. The molecule has 51 heavy (non-hydrogen) atoms. The molecule has 10 heteroatoms. The summed E-state index contributed by atoms with van der Waals surface area (Å²) in [6.07, 6.45) is 7.78. The first-order chi connectivity index (χ1) is 24.2. The highest BCUT2D eigenvalue weighted by molar-refractivity contribution is 5.68. The second-order valence-electron chi connectivity index (χ2n) is 19.8. The molecule has 3 saturated heterocycles. The van der Waals surface area contributed by atoms with E-state index in [1.807, 2.05) is 0 Å². The van der Waals surface area contributed by atoms with Crippen LogP contribution in [0.2, 0.25) is 0 Å². The molecule has 2 N–H and O–H groups in total. The molecule has 8 fully saturated rings. The van der Waals surface area contributed by atoms with Gasteiger partial charge in [-0.3, -0.25) is 4.90 Å². The molecule has 0 aromatic carbocycles. The third-order valence-corrected chi connectivity index (χ3v) is 17.2. The molecule has 7 unspecified atom stereocenters. The van der Waals surface area contributed by atoms with E-state index in [1.54, 1.807) is 4.90 Å². The van der Waals surface area contributed by atoms with Gasteiger partial charge >= 0.3 is 12.2 Å². The van der Waals surface area contributed by atoms with E-state index in [9.17, 15) is 14.7 Å². The van der Waals surface area contributed by atoms with E-state index in [-0.39, 0.29) is 75.5 Å². The van der Waals surface area contributed by atoms with E-state index >= 15 is 0 Å². The van der Waals surface area contributed by atoms with Gasteiger partial charge in [0.05, 0.1) is 31.5 Å². The first-order valence-electron chi connectivity index (χ1n) is 20.7. The number of rotatable bonds is 7. The van der Waals surface area contributed by atoms with Crippen molar-refractivity contribution in [2.75, 3.05) is 52.5 Å². The van der Waals surface area contributed by atoms with Crippen LogP contribution in [0.3, 0.4) is 0 Å². The minimum atomic E-state index is -0.554. The average molecular weight is 714 g/mol. The Hall–Kier alpha value is -1.62. The van der Waals surface area contributed by atoms with Gasteiger partial charge in [0.15, 0.2) is 0 Å². The summed E-state index contributed by atoms with van der Waals surface area (Å²) in [6, 6.07) is 0. The van der Waals surface area contributed by atoms with Crippen molar-refractivity contribution in [1.82, 2.24) is 15.1 Å². The van der Waals surface area contributed by atoms with Crippen LogP contribution in [-0.2, 0) is 18.9 Å². The van der Waals surface area contributed by atoms with Crippen LogP contribution in [0.15, 0.2) is 0 Å². The number of morpholine rings is 1. The number of aliphatic hydroxyl groups is 1. The van der Waals surface area contributed by atoms with Crippen molar-refractivity contribution in [3.63, 3.8) is 0 Å².